The van der Waals surface area contributed by atoms with Crippen LogP contribution >= 0.6 is 0 Å². The number of methoxy groups -OCH3 is 1. The third kappa shape index (κ3) is 5.91. The van der Waals surface area contributed by atoms with Crippen LogP contribution in [0, 0.1) is 0 Å². The first-order valence-corrected chi connectivity index (χ1v) is 8.23. The van der Waals surface area contributed by atoms with E-state index in [0.29, 0.717) is 6.61 Å². The standard InChI is InChI=1S/C21H26O2/c1-18(20-14-8-9-15-21(20)22-2)11-5-4-10-16-23-17-19-12-6-3-7-13-19/h3,6-9,11-15H,4-5,10,16-17H2,1-2H3/b18-11+. The lowest BCUT2D eigenvalue weighted by Crippen LogP contribution is -1.95. The molecule has 0 aromatic heterocycles. The van der Waals surface area contributed by atoms with Crippen LogP contribution in [-0.2, 0) is 11.3 Å². The Balaban J connectivity index is 1.66. The van der Waals surface area contributed by atoms with E-state index < -0.39 is 0 Å². The van der Waals surface area contributed by atoms with Crippen LogP contribution in [0.3, 0.4) is 0 Å². The summed E-state index contributed by atoms with van der Waals surface area (Å²) in [4.78, 5) is 0. The maximum Gasteiger partial charge on any atom is 0.126 e. The number of allylic oxidation sites excluding steroid dienone is 2. The summed E-state index contributed by atoms with van der Waals surface area (Å²) in [5, 5.41) is 0. The highest BCUT2D eigenvalue weighted by atomic mass is 16.5. The van der Waals surface area contributed by atoms with E-state index in [1.54, 1.807) is 7.11 Å². The van der Waals surface area contributed by atoms with Crippen molar-refractivity contribution in [1.82, 2.24) is 0 Å². The van der Waals surface area contributed by atoms with Crippen LogP contribution in [0.1, 0.15) is 37.3 Å². The second-order valence-electron chi connectivity index (χ2n) is 5.62. The van der Waals surface area contributed by atoms with Gasteiger partial charge in [0.2, 0.25) is 0 Å². The van der Waals surface area contributed by atoms with Crippen LogP contribution in [0.4, 0.5) is 0 Å². The van der Waals surface area contributed by atoms with Crippen molar-refractivity contribution in [3.05, 3.63) is 71.8 Å². The number of ether oxygens (including phenoxy) is 2. The van der Waals surface area contributed by atoms with Gasteiger partial charge in [-0.15, -0.1) is 0 Å². The van der Waals surface area contributed by atoms with Crippen LogP contribution in [0.5, 0.6) is 5.75 Å². The summed E-state index contributed by atoms with van der Waals surface area (Å²) in [5.74, 6) is 0.937. The van der Waals surface area contributed by atoms with Gasteiger partial charge in [0.05, 0.1) is 13.7 Å². The predicted molar refractivity (Wildman–Crippen MR) is 96.6 cm³/mol. The summed E-state index contributed by atoms with van der Waals surface area (Å²) >= 11 is 0. The molecule has 0 aliphatic rings. The summed E-state index contributed by atoms with van der Waals surface area (Å²) in [5.41, 5.74) is 3.68. The fourth-order valence-corrected chi connectivity index (χ4v) is 2.51. The van der Waals surface area contributed by atoms with E-state index in [2.05, 4.69) is 31.2 Å². The molecule has 0 amide bonds. The van der Waals surface area contributed by atoms with Crippen molar-refractivity contribution in [3.63, 3.8) is 0 Å². The fourth-order valence-electron chi connectivity index (χ4n) is 2.51. The molecule has 2 nitrogen and oxygen atoms in total. The summed E-state index contributed by atoms with van der Waals surface area (Å²) in [7, 11) is 1.72. The molecule has 2 rings (SSSR count). The van der Waals surface area contributed by atoms with Gasteiger partial charge in [-0.1, -0.05) is 54.6 Å². The molecule has 0 aliphatic carbocycles. The molecule has 0 saturated heterocycles. The Labute approximate surface area is 139 Å². The van der Waals surface area contributed by atoms with Crippen molar-refractivity contribution in [2.24, 2.45) is 0 Å². The molecule has 23 heavy (non-hydrogen) atoms. The minimum atomic E-state index is 0.705. The first-order chi connectivity index (χ1) is 11.3. The summed E-state index contributed by atoms with van der Waals surface area (Å²) in [6, 6.07) is 18.5. The first kappa shape index (κ1) is 17.3. The Morgan fingerprint density at radius 2 is 1.70 bits per heavy atom. The average Bonchev–Trinajstić information content (AvgIpc) is 2.61. The lowest BCUT2D eigenvalue weighted by molar-refractivity contribution is 0.117. The highest BCUT2D eigenvalue weighted by Gasteiger charge is 2.02. The fraction of sp³-hybridized carbons (Fsp3) is 0.333. The maximum absolute atomic E-state index is 5.71. The molecule has 2 heteroatoms. The molecule has 0 unspecified atom stereocenters. The van der Waals surface area contributed by atoms with Crippen molar-refractivity contribution in [2.45, 2.75) is 32.8 Å². The zero-order chi connectivity index (χ0) is 16.3. The third-order valence-electron chi connectivity index (χ3n) is 3.84. The SMILES string of the molecule is COc1ccccc1/C(C)=C/CCCCOCc1ccccc1. The van der Waals surface area contributed by atoms with Crippen molar-refractivity contribution in [1.29, 1.82) is 0 Å². The molecule has 0 N–H and O–H groups in total. The molecular formula is C21H26O2. The number of unbranched alkanes of at least 4 members (excludes halogenated alkanes) is 2. The van der Waals surface area contributed by atoms with Gasteiger partial charge in [-0.2, -0.15) is 0 Å². The van der Waals surface area contributed by atoms with E-state index in [4.69, 9.17) is 9.47 Å². The molecule has 0 saturated carbocycles. The van der Waals surface area contributed by atoms with E-state index >= 15 is 0 Å². The Morgan fingerprint density at radius 1 is 0.957 bits per heavy atom. The molecule has 0 aliphatic heterocycles. The molecule has 122 valence electrons. The molecule has 0 fully saturated rings. The molecule has 2 aromatic carbocycles. The van der Waals surface area contributed by atoms with Gasteiger partial charge in [0.1, 0.15) is 5.75 Å². The van der Waals surface area contributed by atoms with E-state index in [9.17, 15) is 0 Å². The molecule has 0 bridgehead atoms. The van der Waals surface area contributed by atoms with Crippen LogP contribution in [0.25, 0.3) is 5.57 Å². The van der Waals surface area contributed by atoms with Gasteiger partial charge in [-0.25, -0.2) is 0 Å². The van der Waals surface area contributed by atoms with Crippen molar-refractivity contribution in [3.8, 4) is 5.75 Å². The first-order valence-electron chi connectivity index (χ1n) is 8.23. The van der Waals surface area contributed by atoms with Crippen LogP contribution in [0.2, 0.25) is 0 Å². The molecular weight excluding hydrogens is 284 g/mol. The number of hydrogen-bond acceptors (Lipinski definition) is 2. The summed E-state index contributed by atoms with van der Waals surface area (Å²) in [6.45, 7) is 3.66. The third-order valence-corrected chi connectivity index (χ3v) is 3.84. The minimum absolute atomic E-state index is 0.705. The van der Waals surface area contributed by atoms with E-state index in [0.717, 1.165) is 31.6 Å². The monoisotopic (exact) mass is 310 g/mol. The van der Waals surface area contributed by atoms with Gasteiger partial charge in [-0.05, 0) is 43.4 Å². The van der Waals surface area contributed by atoms with Crippen LogP contribution < -0.4 is 4.74 Å². The summed E-state index contributed by atoms with van der Waals surface area (Å²) < 4.78 is 11.1. The molecule has 0 spiro atoms. The van der Waals surface area contributed by atoms with Crippen LogP contribution in [-0.4, -0.2) is 13.7 Å². The highest BCUT2D eigenvalue weighted by Crippen LogP contribution is 2.25. The molecule has 0 heterocycles. The van der Waals surface area contributed by atoms with E-state index in [1.807, 2.05) is 36.4 Å². The zero-order valence-corrected chi connectivity index (χ0v) is 14.1. The lowest BCUT2D eigenvalue weighted by atomic mass is 10.0. The van der Waals surface area contributed by atoms with Gasteiger partial charge in [0.15, 0.2) is 0 Å². The van der Waals surface area contributed by atoms with Gasteiger partial charge in [0.25, 0.3) is 0 Å². The highest BCUT2D eigenvalue weighted by molar-refractivity contribution is 5.68. The lowest BCUT2D eigenvalue weighted by Gasteiger charge is -2.08. The number of hydrogen-bond donors (Lipinski definition) is 0. The van der Waals surface area contributed by atoms with Gasteiger partial charge in [0, 0.05) is 12.2 Å². The topological polar surface area (TPSA) is 18.5 Å². The molecule has 2 aromatic rings. The minimum Gasteiger partial charge on any atom is -0.496 e. The largest absolute Gasteiger partial charge is 0.496 e. The average molecular weight is 310 g/mol. The molecule has 0 atom stereocenters. The van der Waals surface area contributed by atoms with E-state index in [-0.39, 0.29) is 0 Å². The Morgan fingerprint density at radius 3 is 2.48 bits per heavy atom. The van der Waals surface area contributed by atoms with Gasteiger partial charge < -0.3 is 9.47 Å². The number of para-hydroxylation sites is 1. The number of benzene rings is 2. The Kier molecular flexibility index (Phi) is 7.41. The zero-order valence-electron chi connectivity index (χ0n) is 14.1. The van der Waals surface area contributed by atoms with E-state index in [1.165, 1.54) is 16.7 Å². The maximum atomic E-state index is 5.71. The van der Waals surface area contributed by atoms with Gasteiger partial charge in [-0.3, -0.25) is 0 Å². The quantitative estimate of drug-likeness (QED) is 0.570. The smallest absolute Gasteiger partial charge is 0.126 e. The second kappa shape index (κ2) is 9.86. The molecule has 0 radical (unpaired) electrons. The Hall–Kier alpha value is -2.06. The predicted octanol–water partition coefficient (Wildman–Crippen LogP) is 5.49. The van der Waals surface area contributed by atoms with Crippen molar-refractivity contribution in [2.75, 3.05) is 13.7 Å². The van der Waals surface area contributed by atoms with Crippen LogP contribution in [0.15, 0.2) is 60.7 Å². The Bertz CT molecular complexity index is 602. The van der Waals surface area contributed by atoms with Crippen molar-refractivity contribution < 1.29 is 9.47 Å². The summed E-state index contributed by atoms with van der Waals surface area (Å²) in [6.07, 6.45) is 5.58. The number of rotatable bonds is 9. The van der Waals surface area contributed by atoms with Crippen molar-refractivity contribution >= 4 is 5.57 Å². The second-order valence-corrected chi connectivity index (χ2v) is 5.62. The van der Waals surface area contributed by atoms with Gasteiger partial charge >= 0.3 is 0 Å². The normalized spacial score (nSPS) is 11.5.